The summed E-state index contributed by atoms with van der Waals surface area (Å²) < 4.78 is 1.63. The lowest BCUT2D eigenvalue weighted by molar-refractivity contribution is 0.103. The third-order valence-corrected chi connectivity index (χ3v) is 7.49. The van der Waals surface area contributed by atoms with Gasteiger partial charge in [0.15, 0.2) is 0 Å². The van der Waals surface area contributed by atoms with Gasteiger partial charge in [-0.05, 0) is 37.1 Å². The van der Waals surface area contributed by atoms with Gasteiger partial charge in [-0.25, -0.2) is 0 Å². The van der Waals surface area contributed by atoms with Gasteiger partial charge in [0.05, 0.1) is 27.0 Å². The quantitative estimate of drug-likeness (QED) is 0.313. The standard InChI is InChI=1S/C24H15Cl3N2O3S/c1-11-3-5-13(6-4-11)10-29-23(31)15(9-28)12(2)18(24(29)32)21(30)22-20(27)19-16(26)7-14(25)8-17(19)33-22/h3-8,32H,10H2,1-2H3. The summed E-state index contributed by atoms with van der Waals surface area (Å²) in [6.45, 7) is 3.37. The smallest absolute Gasteiger partial charge is 0.271 e. The molecule has 2 aromatic heterocycles. The first-order valence-corrected chi connectivity index (χ1v) is 11.6. The molecular weight excluding hydrogens is 503 g/mol. The maximum atomic E-state index is 13.6. The highest BCUT2D eigenvalue weighted by molar-refractivity contribution is 7.22. The van der Waals surface area contributed by atoms with Crippen LogP contribution in [0.3, 0.4) is 0 Å². The van der Waals surface area contributed by atoms with Gasteiger partial charge in [0.2, 0.25) is 11.7 Å². The Kier molecular flexibility index (Phi) is 6.26. The van der Waals surface area contributed by atoms with Crippen LogP contribution in [0.15, 0.2) is 41.2 Å². The number of nitrogens with zero attached hydrogens (tertiary/aromatic N) is 2. The first-order valence-electron chi connectivity index (χ1n) is 9.67. The lowest BCUT2D eigenvalue weighted by atomic mass is 10.00. The average molecular weight is 518 g/mol. The Hall–Kier alpha value is -2.82. The SMILES string of the molecule is Cc1ccc(Cn2c(O)c(C(=O)c3sc4cc(Cl)cc(Cl)c4c3Cl)c(C)c(C#N)c2=O)cc1. The van der Waals surface area contributed by atoms with E-state index < -0.39 is 17.2 Å². The molecule has 0 saturated carbocycles. The maximum absolute atomic E-state index is 13.6. The van der Waals surface area contributed by atoms with Crippen molar-refractivity contribution in [3.05, 3.63) is 94.5 Å². The van der Waals surface area contributed by atoms with E-state index in [-0.39, 0.29) is 33.1 Å². The van der Waals surface area contributed by atoms with E-state index in [4.69, 9.17) is 34.8 Å². The summed E-state index contributed by atoms with van der Waals surface area (Å²) in [6, 6.07) is 12.4. The number of pyridine rings is 1. The van der Waals surface area contributed by atoms with Crippen molar-refractivity contribution in [1.82, 2.24) is 4.57 Å². The molecule has 0 aliphatic carbocycles. The molecular formula is C24H15Cl3N2O3S. The molecule has 33 heavy (non-hydrogen) atoms. The van der Waals surface area contributed by atoms with Gasteiger partial charge in [-0.2, -0.15) is 5.26 Å². The molecule has 1 N–H and O–H groups in total. The number of hydrogen-bond donors (Lipinski definition) is 1. The van der Waals surface area contributed by atoms with Gasteiger partial charge in [-0.1, -0.05) is 64.6 Å². The summed E-state index contributed by atoms with van der Waals surface area (Å²) in [5.41, 5.74) is 0.789. The van der Waals surface area contributed by atoms with Gasteiger partial charge in [-0.3, -0.25) is 14.2 Å². The van der Waals surface area contributed by atoms with Crippen molar-refractivity contribution in [2.24, 2.45) is 0 Å². The summed E-state index contributed by atoms with van der Waals surface area (Å²) in [6.07, 6.45) is 0. The largest absolute Gasteiger partial charge is 0.494 e. The third kappa shape index (κ3) is 4.03. The molecule has 4 aromatic rings. The van der Waals surface area contributed by atoms with Crippen LogP contribution in [0, 0.1) is 25.2 Å². The number of nitriles is 1. The van der Waals surface area contributed by atoms with Gasteiger partial charge in [-0.15, -0.1) is 11.3 Å². The molecule has 0 atom stereocenters. The number of carbonyl (C=O) groups is 1. The van der Waals surface area contributed by atoms with Crippen molar-refractivity contribution in [3.63, 3.8) is 0 Å². The molecule has 2 heterocycles. The molecule has 0 unspecified atom stereocenters. The number of thiophene rings is 1. The van der Waals surface area contributed by atoms with Gasteiger partial charge >= 0.3 is 0 Å². The molecule has 9 heteroatoms. The van der Waals surface area contributed by atoms with Crippen molar-refractivity contribution in [3.8, 4) is 11.9 Å². The molecule has 166 valence electrons. The van der Waals surface area contributed by atoms with E-state index in [0.717, 1.165) is 27.0 Å². The fraction of sp³-hybridized carbons (Fsp3) is 0.125. The molecule has 0 aliphatic heterocycles. The number of aromatic hydroxyl groups is 1. The summed E-state index contributed by atoms with van der Waals surface area (Å²) in [7, 11) is 0. The van der Waals surface area contributed by atoms with Crippen LogP contribution < -0.4 is 5.56 Å². The zero-order chi connectivity index (χ0) is 24.0. The van der Waals surface area contributed by atoms with Crippen molar-refractivity contribution in [2.75, 3.05) is 0 Å². The van der Waals surface area contributed by atoms with Crippen molar-refractivity contribution >= 4 is 62.0 Å². The van der Waals surface area contributed by atoms with E-state index >= 15 is 0 Å². The Labute approximate surface area is 208 Å². The Balaban J connectivity index is 1.93. The minimum atomic E-state index is -0.679. The summed E-state index contributed by atoms with van der Waals surface area (Å²) in [5.74, 6) is -1.14. The number of fused-ring (bicyclic) bond motifs is 1. The molecule has 0 radical (unpaired) electrons. The number of carbonyl (C=O) groups excluding carboxylic acids is 1. The highest BCUT2D eigenvalue weighted by Crippen LogP contribution is 2.43. The molecule has 0 fully saturated rings. The van der Waals surface area contributed by atoms with E-state index in [1.807, 2.05) is 37.3 Å². The van der Waals surface area contributed by atoms with Gasteiger partial charge in [0.25, 0.3) is 5.56 Å². The zero-order valence-corrected chi connectivity index (χ0v) is 20.5. The van der Waals surface area contributed by atoms with Crippen LogP contribution in [0.2, 0.25) is 15.1 Å². The first-order chi connectivity index (χ1) is 15.6. The Morgan fingerprint density at radius 2 is 1.82 bits per heavy atom. The summed E-state index contributed by atoms with van der Waals surface area (Å²) in [5, 5.41) is 21.9. The van der Waals surface area contributed by atoms with Crippen molar-refractivity contribution in [2.45, 2.75) is 20.4 Å². The first kappa shape index (κ1) is 23.3. The number of halogens is 3. The summed E-state index contributed by atoms with van der Waals surface area (Å²) >= 11 is 19.9. The molecule has 0 aliphatic rings. The van der Waals surface area contributed by atoms with Gasteiger partial charge < -0.3 is 5.11 Å². The fourth-order valence-corrected chi connectivity index (χ4v) is 5.94. The number of ketones is 1. The van der Waals surface area contributed by atoms with E-state index in [1.54, 1.807) is 6.07 Å². The van der Waals surface area contributed by atoms with Crippen LogP contribution in [-0.2, 0) is 6.54 Å². The van der Waals surface area contributed by atoms with Crippen molar-refractivity contribution in [1.29, 1.82) is 5.26 Å². The lowest BCUT2D eigenvalue weighted by Gasteiger charge is -2.15. The van der Waals surface area contributed by atoms with Crippen LogP contribution in [-0.4, -0.2) is 15.5 Å². The number of aromatic nitrogens is 1. The highest BCUT2D eigenvalue weighted by Gasteiger charge is 2.28. The maximum Gasteiger partial charge on any atom is 0.271 e. The molecule has 5 nitrogen and oxygen atoms in total. The molecule has 0 spiro atoms. The normalized spacial score (nSPS) is 11.0. The van der Waals surface area contributed by atoms with Gasteiger partial charge in [0, 0.05) is 15.1 Å². The third-order valence-electron chi connectivity index (χ3n) is 5.34. The van der Waals surface area contributed by atoms with E-state index in [2.05, 4.69) is 0 Å². The van der Waals surface area contributed by atoms with Crippen LogP contribution in [0.1, 0.15) is 37.5 Å². The minimum absolute atomic E-state index is 0.0121. The predicted molar refractivity (Wildman–Crippen MR) is 132 cm³/mol. The van der Waals surface area contributed by atoms with Crippen LogP contribution in [0.5, 0.6) is 5.88 Å². The Bertz CT molecular complexity index is 1550. The molecule has 0 bridgehead atoms. The van der Waals surface area contributed by atoms with E-state index in [9.17, 15) is 20.0 Å². The number of aryl methyl sites for hydroxylation is 1. The molecule has 4 rings (SSSR count). The van der Waals surface area contributed by atoms with Crippen LogP contribution in [0.4, 0.5) is 0 Å². The molecule has 2 aromatic carbocycles. The number of hydrogen-bond acceptors (Lipinski definition) is 5. The number of rotatable bonds is 4. The Morgan fingerprint density at radius 1 is 1.15 bits per heavy atom. The number of benzene rings is 2. The highest BCUT2D eigenvalue weighted by atomic mass is 35.5. The monoisotopic (exact) mass is 516 g/mol. The van der Waals surface area contributed by atoms with Crippen LogP contribution in [0.25, 0.3) is 10.1 Å². The van der Waals surface area contributed by atoms with Crippen molar-refractivity contribution < 1.29 is 9.90 Å². The second kappa shape index (κ2) is 8.85. The second-order valence-corrected chi connectivity index (χ2v) is 9.80. The average Bonchev–Trinajstić information content (AvgIpc) is 3.09. The Morgan fingerprint density at radius 3 is 2.45 bits per heavy atom. The van der Waals surface area contributed by atoms with Gasteiger partial charge in [0.1, 0.15) is 11.6 Å². The minimum Gasteiger partial charge on any atom is -0.494 e. The zero-order valence-electron chi connectivity index (χ0n) is 17.4. The second-order valence-electron chi connectivity index (χ2n) is 7.52. The molecule has 0 saturated heterocycles. The van der Waals surface area contributed by atoms with E-state index in [0.29, 0.717) is 20.1 Å². The predicted octanol–water partition coefficient (Wildman–Crippen LogP) is 6.50. The fourth-order valence-electron chi connectivity index (χ4n) is 3.62. The van der Waals surface area contributed by atoms with E-state index in [1.165, 1.54) is 13.0 Å². The molecule has 0 amide bonds. The summed E-state index contributed by atoms with van der Waals surface area (Å²) in [4.78, 5) is 26.6. The van der Waals surface area contributed by atoms with Crippen LogP contribution >= 0.6 is 46.1 Å². The topological polar surface area (TPSA) is 83.1 Å². The lowest BCUT2D eigenvalue weighted by Crippen LogP contribution is -2.27.